The lowest BCUT2D eigenvalue weighted by Gasteiger charge is -2.42. The summed E-state index contributed by atoms with van der Waals surface area (Å²) in [6.07, 6.45) is -2.72. The van der Waals surface area contributed by atoms with Crippen molar-refractivity contribution >= 4 is 35.6 Å². The number of halogens is 1. The molecule has 0 saturated carbocycles. The van der Waals surface area contributed by atoms with E-state index in [1.54, 1.807) is 31.2 Å². The molecule has 15 heteroatoms. The monoisotopic (exact) mass is 753 g/mol. The molecule has 1 amide bonds. The lowest BCUT2D eigenvalue weighted by Crippen LogP contribution is -2.52. The summed E-state index contributed by atoms with van der Waals surface area (Å²) in [5, 5.41) is 50.3. The molecule has 0 radical (unpaired) electrons. The number of ether oxygens (including phenoxy) is 4. The van der Waals surface area contributed by atoms with Crippen molar-refractivity contribution in [3.05, 3.63) is 81.4 Å². The van der Waals surface area contributed by atoms with Crippen LogP contribution in [-0.2, 0) is 15.9 Å². The summed E-state index contributed by atoms with van der Waals surface area (Å²) in [7, 11) is 1.34. The van der Waals surface area contributed by atoms with Crippen molar-refractivity contribution in [1.29, 1.82) is 0 Å². The number of ketones is 2. The van der Waals surface area contributed by atoms with Crippen LogP contribution in [0.15, 0.2) is 47.6 Å². The number of nitrogens with one attached hydrogen (secondary N) is 1. The average Bonchev–Trinajstić information content (AvgIpc) is 3.12. The maximum absolute atomic E-state index is 14.0. The first-order valence-corrected chi connectivity index (χ1v) is 17.2. The first-order valence-electron chi connectivity index (χ1n) is 17.2. The fourth-order valence-corrected chi connectivity index (χ4v) is 7.01. The Labute approximate surface area is 312 Å². The van der Waals surface area contributed by atoms with Gasteiger partial charge in [0.05, 0.1) is 54.4 Å². The third-order valence-corrected chi connectivity index (χ3v) is 10.0. The second-order valence-corrected chi connectivity index (χ2v) is 13.4. The summed E-state index contributed by atoms with van der Waals surface area (Å²) >= 11 is 0. The van der Waals surface area contributed by atoms with Gasteiger partial charge in [-0.05, 0) is 50.6 Å². The Kier molecular flexibility index (Phi) is 11.8. The number of methoxy groups -OCH3 is 1. The number of rotatable bonds is 10. The topological polar surface area (TPSA) is 219 Å². The van der Waals surface area contributed by atoms with Gasteiger partial charge in [-0.25, -0.2) is 5.43 Å². The Morgan fingerprint density at radius 3 is 2.43 bits per heavy atom. The van der Waals surface area contributed by atoms with E-state index in [2.05, 4.69) is 17.5 Å². The summed E-state index contributed by atoms with van der Waals surface area (Å²) in [5.74, 6) is -2.53. The number of fused-ring (bicyclic) bond motifs is 3. The zero-order chi connectivity index (χ0) is 37.5. The van der Waals surface area contributed by atoms with E-state index in [9.17, 15) is 34.8 Å². The number of aliphatic hydroxyl groups is 2. The first-order chi connectivity index (χ1) is 24.8. The number of nitrogens with two attached hydrogens (primary N) is 1. The predicted octanol–water partition coefficient (Wildman–Crippen LogP) is 3.85. The molecule has 1 fully saturated rings. The zero-order valence-corrected chi connectivity index (χ0v) is 30.6. The van der Waals surface area contributed by atoms with E-state index >= 15 is 0 Å². The molecule has 1 heterocycles. The minimum absolute atomic E-state index is 0. The largest absolute Gasteiger partial charge is 0.507 e. The molecule has 0 bridgehead atoms. The normalized spacial score (nSPS) is 25.0. The number of aromatic hydroxyl groups is 2. The standard InChI is InChI=1S/C38H43N3O11.ClH/c1-5-6-14-50-21-12-10-20(11-13-21)37(47)41-40-19(3)38(48)16-23-29(26(17-38)52-27-15-24(39)32(42)18(2)51-27)36(46)31-30(34(23)44)33(43)22-8-7-9-25(49-4)28(22)35(31)45;/h7-13,18,24,26-27,32,42,44,46,48H,5-6,14-17,39H2,1-4H3,(H,41,47);1H. The molecule has 2 aliphatic carbocycles. The number of phenols is 2. The quantitative estimate of drug-likeness (QED) is 0.0589. The molecule has 0 aromatic heterocycles. The molecule has 6 unspecified atom stereocenters. The molecule has 0 spiro atoms. The molecule has 7 N–H and O–H groups in total. The van der Waals surface area contributed by atoms with E-state index in [0.717, 1.165) is 12.8 Å². The van der Waals surface area contributed by atoms with Gasteiger partial charge in [0, 0.05) is 47.6 Å². The highest BCUT2D eigenvalue weighted by atomic mass is 35.5. The number of hydrazone groups is 1. The van der Waals surface area contributed by atoms with Crippen molar-refractivity contribution in [2.45, 2.75) is 89.1 Å². The molecule has 6 rings (SSSR count). The molecule has 14 nitrogen and oxygen atoms in total. The maximum atomic E-state index is 14.0. The molecule has 3 aliphatic rings. The number of hydrogen-bond donors (Lipinski definition) is 6. The number of unbranched alkanes of at least 4 members (excludes halogenated alkanes) is 1. The number of carbonyl (C=O) groups excluding carboxylic acids is 3. The molecular formula is C38H44ClN3O11. The van der Waals surface area contributed by atoms with Gasteiger partial charge < -0.3 is 45.1 Å². The van der Waals surface area contributed by atoms with Crippen molar-refractivity contribution in [3.63, 3.8) is 0 Å². The van der Waals surface area contributed by atoms with E-state index in [4.69, 9.17) is 24.7 Å². The van der Waals surface area contributed by atoms with Gasteiger partial charge in [0.15, 0.2) is 12.1 Å². The Morgan fingerprint density at radius 2 is 1.77 bits per heavy atom. The highest BCUT2D eigenvalue weighted by molar-refractivity contribution is 6.31. The Bertz CT molecular complexity index is 1920. The molecule has 53 heavy (non-hydrogen) atoms. The van der Waals surface area contributed by atoms with Crippen LogP contribution < -0.4 is 20.6 Å². The number of hydrogen-bond acceptors (Lipinski definition) is 13. The van der Waals surface area contributed by atoms with Gasteiger partial charge in [-0.1, -0.05) is 25.5 Å². The highest BCUT2D eigenvalue weighted by Crippen LogP contribution is 2.52. The van der Waals surface area contributed by atoms with Crippen molar-refractivity contribution < 1.29 is 53.8 Å². The van der Waals surface area contributed by atoms with E-state index in [0.29, 0.717) is 12.4 Å². The van der Waals surface area contributed by atoms with E-state index in [1.807, 2.05) is 0 Å². The van der Waals surface area contributed by atoms with E-state index in [1.165, 1.54) is 32.2 Å². The summed E-state index contributed by atoms with van der Waals surface area (Å²) in [4.78, 5) is 40.9. The summed E-state index contributed by atoms with van der Waals surface area (Å²) in [5.41, 5.74) is 5.97. The van der Waals surface area contributed by atoms with Gasteiger partial charge in [0.1, 0.15) is 28.6 Å². The third kappa shape index (κ3) is 7.35. The van der Waals surface area contributed by atoms with Crippen LogP contribution in [0.25, 0.3) is 0 Å². The zero-order valence-electron chi connectivity index (χ0n) is 29.8. The number of carbonyl (C=O) groups is 3. The second-order valence-electron chi connectivity index (χ2n) is 13.4. The molecular weight excluding hydrogens is 710 g/mol. The number of phenolic OH excluding ortho intramolecular Hbond substituents is 2. The molecule has 1 aliphatic heterocycles. The molecule has 3 aromatic carbocycles. The highest BCUT2D eigenvalue weighted by Gasteiger charge is 2.49. The molecule has 1 saturated heterocycles. The number of benzene rings is 3. The number of aliphatic hydroxyl groups excluding tert-OH is 1. The minimum atomic E-state index is -1.91. The summed E-state index contributed by atoms with van der Waals surface area (Å²) in [6, 6.07) is 10.2. The van der Waals surface area contributed by atoms with Gasteiger partial charge in [0.2, 0.25) is 5.78 Å². The molecule has 284 valence electrons. The Morgan fingerprint density at radius 1 is 1.08 bits per heavy atom. The van der Waals surface area contributed by atoms with Crippen LogP contribution in [0.3, 0.4) is 0 Å². The van der Waals surface area contributed by atoms with Crippen LogP contribution >= 0.6 is 12.4 Å². The van der Waals surface area contributed by atoms with E-state index < -0.39 is 76.3 Å². The van der Waals surface area contributed by atoms with Crippen molar-refractivity contribution in [2.75, 3.05) is 13.7 Å². The van der Waals surface area contributed by atoms with Crippen molar-refractivity contribution in [3.8, 4) is 23.0 Å². The summed E-state index contributed by atoms with van der Waals surface area (Å²) < 4.78 is 23.2. The van der Waals surface area contributed by atoms with Gasteiger partial charge in [-0.3, -0.25) is 14.4 Å². The lowest BCUT2D eigenvalue weighted by molar-refractivity contribution is -0.245. The molecule has 6 atom stereocenters. The van der Waals surface area contributed by atoms with Crippen LogP contribution in [0.2, 0.25) is 0 Å². The second kappa shape index (κ2) is 15.8. The smallest absolute Gasteiger partial charge is 0.271 e. The SMILES string of the molecule is CCCCOc1ccc(C(=O)NN=C(C)C2(O)Cc3c(O)c4c(c(O)c3C(OC3CC(N)C(O)C(C)O3)C2)C(=O)c2c(OC)cccc2C4=O)cc1.Cl. The number of nitrogens with zero attached hydrogens (tertiary/aromatic N) is 1. The van der Waals surface area contributed by atoms with Crippen LogP contribution in [0, 0.1) is 0 Å². The van der Waals surface area contributed by atoms with Crippen LogP contribution in [-0.4, -0.2) is 87.5 Å². The van der Waals surface area contributed by atoms with Gasteiger partial charge >= 0.3 is 0 Å². The van der Waals surface area contributed by atoms with Crippen LogP contribution in [0.1, 0.15) is 106 Å². The van der Waals surface area contributed by atoms with Gasteiger partial charge in [-0.15, -0.1) is 12.4 Å². The average molecular weight is 754 g/mol. The fraction of sp³-hybridized carbons (Fsp3) is 0.421. The Hall–Kier alpha value is -4.57. The lowest BCUT2D eigenvalue weighted by atomic mass is 9.71. The fourth-order valence-electron chi connectivity index (χ4n) is 7.01. The van der Waals surface area contributed by atoms with Gasteiger partial charge in [-0.2, -0.15) is 5.10 Å². The summed E-state index contributed by atoms with van der Waals surface area (Å²) in [6.45, 7) is 5.71. The Balaban J connectivity index is 0.00000541. The third-order valence-electron chi connectivity index (χ3n) is 10.0. The van der Waals surface area contributed by atoms with E-state index in [-0.39, 0.29) is 70.9 Å². The minimum Gasteiger partial charge on any atom is -0.507 e. The number of amides is 1. The van der Waals surface area contributed by atoms with Gasteiger partial charge in [0.25, 0.3) is 5.91 Å². The first kappa shape index (κ1) is 39.6. The van der Waals surface area contributed by atoms with Crippen LogP contribution in [0.5, 0.6) is 23.0 Å². The maximum Gasteiger partial charge on any atom is 0.271 e. The predicted molar refractivity (Wildman–Crippen MR) is 194 cm³/mol. The van der Waals surface area contributed by atoms with Crippen molar-refractivity contribution in [2.24, 2.45) is 10.8 Å². The van der Waals surface area contributed by atoms with Crippen molar-refractivity contribution in [1.82, 2.24) is 5.43 Å². The van der Waals surface area contributed by atoms with Crippen LogP contribution in [0.4, 0.5) is 0 Å². The molecule has 3 aromatic rings.